The molecule has 4 N–H and O–H groups in total. The molecule has 1 aliphatic heterocycles. The van der Waals surface area contributed by atoms with Crippen LogP contribution in [-0.4, -0.2) is 63.4 Å². The minimum Gasteiger partial charge on any atom is -0.361 e. The molecule has 0 aromatic carbocycles. The van der Waals surface area contributed by atoms with Crippen molar-refractivity contribution in [3.63, 3.8) is 0 Å². The van der Waals surface area contributed by atoms with Gasteiger partial charge in [-0.3, -0.25) is 14.4 Å². The largest absolute Gasteiger partial charge is 0.361 e. The van der Waals surface area contributed by atoms with Crippen LogP contribution in [0.4, 0.5) is 0 Å². The molecule has 0 radical (unpaired) electrons. The summed E-state index contributed by atoms with van der Waals surface area (Å²) in [5.74, 6) is -1.70. The van der Waals surface area contributed by atoms with Crippen LogP contribution in [0.15, 0.2) is 10.9 Å². The maximum absolute atomic E-state index is 12.9. The molecule has 2 aromatic heterocycles. The van der Waals surface area contributed by atoms with Crippen molar-refractivity contribution in [1.82, 2.24) is 30.7 Å². The Balaban J connectivity index is 0.00000272. The van der Waals surface area contributed by atoms with Gasteiger partial charge in [0.1, 0.15) is 0 Å². The van der Waals surface area contributed by atoms with Crippen molar-refractivity contribution >= 4 is 41.5 Å². The Morgan fingerprint density at radius 1 is 1.26 bits per heavy atom. The van der Waals surface area contributed by atoms with Crippen molar-refractivity contribution in [2.75, 3.05) is 13.6 Å². The Labute approximate surface area is 188 Å². The summed E-state index contributed by atoms with van der Waals surface area (Å²) in [6.07, 6.45) is 3.77. The molecule has 13 heteroatoms. The molecule has 0 spiro atoms. The molecule has 0 bridgehead atoms. The van der Waals surface area contributed by atoms with E-state index >= 15 is 0 Å². The van der Waals surface area contributed by atoms with Gasteiger partial charge in [-0.2, -0.15) is 4.98 Å². The number of carbonyl (C=O) groups excluding carboxylic acids is 3. The minimum absolute atomic E-state index is 0. The van der Waals surface area contributed by atoms with Crippen LogP contribution >= 0.6 is 23.7 Å². The summed E-state index contributed by atoms with van der Waals surface area (Å²) in [4.78, 5) is 47.9. The van der Waals surface area contributed by atoms with Crippen LogP contribution in [0.25, 0.3) is 0 Å². The van der Waals surface area contributed by atoms with E-state index in [-0.39, 0.29) is 24.2 Å². The van der Waals surface area contributed by atoms with Gasteiger partial charge < -0.3 is 25.8 Å². The van der Waals surface area contributed by atoms with Crippen LogP contribution in [0.3, 0.4) is 0 Å². The van der Waals surface area contributed by atoms with Gasteiger partial charge in [0, 0.05) is 36.3 Å². The third-order valence-electron chi connectivity index (χ3n) is 5.57. The summed E-state index contributed by atoms with van der Waals surface area (Å²) in [7, 11) is 2.04. The smallest absolute Gasteiger partial charge is 0.309 e. The summed E-state index contributed by atoms with van der Waals surface area (Å²) < 4.78 is 4.84. The molecule has 1 fully saturated rings. The number of likely N-dealkylation sites (N-methyl/N-ethyl adjacent to an activating group) is 1. The van der Waals surface area contributed by atoms with Crippen molar-refractivity contribution in [3.8, 4) is 0 Å². The summed E-state index contributed by atoms with van der Waals surface area (Å²) in [6, 6.07) is -0.862. The highest BCUT2D eigenvalue weighted by Gasteiger charge is 2.36. The van der Waals surface area contributed by atoms with Gasteiger partial charge in [0.15, 0.2) is 10.8 Å². The van der Waals surface area contributed by atoms with Crippen molar-refractivity contribution < 1.29 is 18.9 Å². The number of hydrogen-bond acceptors (Lipinski definition) is 9. The number of thiazole rings is 1. The zero-order valence-electron chi connectivity index (χ0n) is 16.9. The highest BCUT2D eigenvalue weighted by molar-refractivity contribution is 7.13. The van der Waals surface area contributed by atoms with Crippen LogP contribution in [0, 0.1) is 0 Å². The number of hydrogen-bond donors (Lipinski definition) is 3. The lowest BCUT2D eigenvalue weighted by atomic mass is 9.81. The first-order valence-electron chi connectivity index (χ1n) is 9.75. The average molecular weight is 470 g/mol. The molecular weight excluding hydrogens is 446 g/mol. The van der Waals surface area contributed by atoms with Crippen molar-refractivity contribution in [2.45, 2.75) is 50.2 Å². The van der Waals surface area contributed by atoms with E-state index in [1.807, 2.05) is 7.05 Å². The normalized spacial score (nSPS) is 23.3. The molecule has 3 atom stereocenters. The van der Waals surface area contributed by atoms with Crippen molar-refractivity contribution in [1.29, 1.82) is 0 Å². The molecule has 1 aliphatic carbocycles. The fraction of sp³-hybridized carbons (Fsp3) is 0.556. The average Bonchev–Trinajstić information content (AvgIpc) is 3.38. The van der Waals surface area contributed by atoms with Crippen LogP contribution in [0.1, 0.15) is 51.4 Å². The highest BCUT2D eigenvalue weighted by Crippen LogP contribution is 2.32. The van der Waals surface area contributed by atoms with E-state index in [1.165, 1.54) is 17.7 Å². The van der Waals surface area contributed by atoms with Gasteiger partial charge in [-0.25, -0.2) is 4.98 Å². The maximum atomic E-state index is 12.9. The predicted molar refractivity (Wildman–Crippen MR) is 113 cm³/mol. The van der Waals surface area contributed by atoms with E-state index in [2.05, 4.69) is 30.7 Å². The second-order valence-corrected chi connectivity index (χ2v) is 8.78. The molecule has 4 rings (SSSR count). The zero-order chi connectivity index (χ0) is 21.3. The fourth-order valence-electron chi connectivity index (χ4n) is 3.99. The first kappa shape index (κ1) is 23.1. The van der Waals surface area contributed by atoms with E-state index in [1.54, 1.807) is 0 Å². The van der Waals surface area contributed by atoms with Crippen LogP contribution in [0.2, 0.25) is 0 Å². The number of fused-ring (bicyclic) bond motifs is 1. The quantitative estimate of drug-likeness (QED) is 0.527. The van der Waals surface area contributed by atoms with Crippen LogP contribution in [-0.2, 0) is 22.6 Å². The number of rotatable bonds is 4. The number of nitrogens with two attached hydrogens (primary N) is 1. The zero-order valence-corrected chi connectivity index (χ0v) is 18.5. The first-order valence-corrected chi connectivity index (χ1v) is 10.6. The van der Waals surface area contributed by atoms with E-state index in [0.29, 0.717) is 30.1 Å². The lowest BCUT2D eigenvalue weighted by Crippen LogP contribution is -2.56. The van der Waals surface area contributed by atoms with E-state index in [0.717, 1.165) is 30.1 Å². The fourth-order valence-corrected chi connectivity index (χ4v) is 5.08. The second-order valence-electron chi connectivity index (χ2n) is 7.70. The number of primary amides is 1. The number of carbonyl (C=O) groups is 3. The first-order chi connectivity index (χ1) is 14.4. The van der Waals surface area contributed by atoms with E-state index in [9.17, 15) is 14.4 Å². The third kappa shape index (κ3) is 5.20. The van der Waals surface area contributed by atoms with Crippen LogP contribution < -0.4 is 16.4 Å². The molecule has 168 valence electrons. The third-order valence-corrected chi connectivity index (χ3v) is 6.65. The van der Waals surface area contributed by atoms with Crippen molar-refractivity contribution in [3.05, 3.63) is 27.8 Å². The van der Waals surface area contributed by atoms with Gasteiger partial charge in [-0.05, 0) is 26.3 Å². The Morgan fingerprint density at radius 3 is 2.77 bits per heavy atom. The highest BCUT2D eigenvalue weighted by atomic mass is 35.5. The van der Waals surface area contributed by atoms with Gasteiger partial charge >= 0.3 is 11.8 Å². The molecule has 2 aromatic rings. The standard InChI is InChI=1S/C18H23N7O4S.ClH/c1-25-5-4-11-13(7-25)30-18(23-11)17(28)22-12-6-9(15-20-8-29-24-15)2-3-10(12)21-16(27)14(19)26;/h8-10,12H,2-7H2,1H3,(H2,19,26)(H,21,27)(H,22,28);1H/t9-,10-,12+;/m0./s1. The number of nitrogens with zero attached hydrogens (tertiary/aromatic N) is 4. The Hall–Kier alpha value is -2.57. The van der Waals surface area contributed by atoms with E-state index < -0.39 is 23.9 Å². The number of amides is 3. The number of nitrogens with one attached hydrogen (secondary N) is 2. The summed E-state index contributed by atoms with van der Waals surface area (Å²) in [5.41, 5.74) is 6.05. The number of halogens is 1. The van der Waals surface area contributed by atoms with Crippen molar-refractivity contribution in [2.24, 2.45) is 5.73 Å². The number of aromatic nitrogens is 3. The summed E-state index contributed by atoms with van der Waals surface area (Å²) >= 11 is 1.39. The molecule has 0 saturated heterocycles. The SMILES string of the molecule is CN1CCc2nc(C(=O)N[C@@H]3C[C@@H](c4ncon4)CC[C@@H]3NC(=O)C(N)=O)sc2C1.Cl. The molecule has 0 unspecified atom stereocenters. The van der Waals surface area contributed by atoms with Gasteiger partial charge in [-0.15, -0.1) is 23.7 Å². The molecule has 3 amide bonds. The predicted octanol–water partition coefficient (Wildman–Crippen LogP) is -0.0280. The monoisotopic (exact) mass is 469 g/mol. The summed E-state index contributed by atoms with van der Waals surface area (Å²) in [6.45, 7) is 1.69. The Kier molecular flexibility index (Phi) is 7.23. The molecule has 2 aliphatic rings. The maximum Gasteiger partial charge on any atom is 0.309 e. The second kappa shape index (κ2) is 9.71. The summed E-state index contributed by atoms with van der Waals surface area (Å²) in [5, 5.41) is 9.92. The lowest BCUT2D eigenvalue weighted by molar-refractivity contribution is -0.138. The van der Waals surface area contributed by atoms with Gasteiger partial charge in [0.05, 0.1) is 11.7 Å². The minimum atomic E-state index is -1.06. The Bertz CT molecular complexity index is 951. The van der Waals surface area contributed by atoms with Crippen LogP contribution in [0.5, 0.6) is 0 Å². The molecular formula is C18H24ClN7O4S. The van der Waals surface area contributed by atoms with Gasteiger partial charge in [0.2, 0.25) is 6.39 Å². The van der Waals surface area contributed by atoms with E-state index in [4.69, 9.17) is 10.3 Å². The van der Waals surface area contributed by atoms with Gasteiger partial charge in [0.25, 0.3) is 5.91 Å². The molecule has 3 heterocycles. The molecule has 11 nitrogen and oxygen atoms in total. The molecule has 1 saturated carbocycles. The Morgan fingerprint density at radius 2 is 2.06 bits per heavy atom. The molecule has 31 heavy (non-hydrogen) atoms. The topological polar surface area (TPSA) is 156 Å². The van der Waals surface area contributed by atoms with Gasteiger partial charge in [-0.1, -0.05) is 5.16 Å². The lowest BCUT2D eigenvalue weighted by Gasteiger charge is -2.35.